The molecule has 0 aliphatic carbocycles. The molecule has 2 aromatic rings. The van der Waals surface area contributed by atoms with Crippen molar-refractivity contribution in [3.05, 3.63) is 41.0 Å². The van der Waals surface area contributed by atoms with Crippen LogP contribution in [0.5, 0.6) is 17.2 Å². The molecule has 7 nitrogen and oxygen atoms in total. The van der Waals surface area contributed by atoms with Gasteiger partial charge in [0.15, 0.2) is 12.4 Å². The summed E-state index contributed by atoms with van der Waals surface area (Å²) >= 11 is 0. The average molecular weight is 334 g/mol. The van der Waals surface area contributed by atoms with E-state index in [4.69, 9.17) is 19.0 Å². The Hall–Kier alpha value is -2.96. The van der Waals surface area contributed by atoms with Gasteiger partial charge in [0.05, 0.1) is 6.26 Å². The molecule has 0 radical (unpaired) electrons. The smallest absolute Gasteiger partial charge is 0.383 e. The molecular weight excluding hydrogens is 316 g/mol. The number of benzene rings is 1. The first-order chi connectivity index (χ1) is 11.5. The number of rotatable bonds is 8. The van der Waals surface area contributed by atoms with E-state index in [9.17, 15) is 14.7 Å². The number of ether oxygens (including phenoxy) is 2. The Morgan fingerprint density at radius 1 is 1.38 bits per heavy atom. The van der Waals surface area contributed by atoms with E-state index in [0.717, 1.165) is 19.3 Å². The molecule has 1 aromatic heterocycles. The number of unbranched alkanes of at least 4 members (excludes halogenated alkanes) is 2. The minimum absolute atomic E-state index is 0.0719. The van der Waals surface area contributed by atoms with E-state index >= 15 is 0 Å². The van der Waals surface area contributed by atoms with Gasteiger partial charge in [-0.1, -0.05) is 19.4 Å². The van der Waals surface area contributed by atoms with Crippen LogP contribution in [-0.2, 0) is 4.79 Å². The van der Waals surface area contributed by atoms with Gasteiger partial charge < -0.3 is 24.1 Å². The molecule has 0 fully saturated rings. The van der Waals surface area contributed by atoms with Gasteiger partial charge in [-0.15, -0.1) is 0 Å². The van der Waals surface area contributed by atoms with Gasteiger partial charge in [-0.25, -0.2) is 9.59 Å². The normalized spacial score (nSPS) is 11.0. The van der Waals surface area contributed by atoms with Crippen molar-refractivity contribution < 1.29 is 28.9 Å². The topological polar surface area (TPSA) is 106 Å². The lowest BCUT2D eigenvalue weighted by molar-refractivity contribution is -0.139. The molecule has 24 heavy (non-hydrogen) atoms. The number of hydrogen-bond donors (Lipinski definition) is 2. The van der Waals surface area contributed by atoms with Crippen LogP contribution in [0.2, 0.25) is 0 Å². The third kappa shape index (κ3) is 4.07. The fraction of sp³-hybridized carbons (Fsp3) is 0.294. The van der Waals surface area contributed by atoms with Gasteiger partial charge in [0.2, 0.25) is 0 Å². The van der Waals surface area contributed by atoms with E-state index in [0.29, 0.717) is 0 Å². The van der Waals surface area contributed by atoms with E-state index in [1.165, 1.54) is 24.5 Å². The minimum atomic E-state index is -1.17. The molecule has 0 spiro atoms. The van der Waals surface area contributed by atoms with Crippen molar-refractivity contribution in [3.63, 3.8) is 0 Å². The van der Waals surface area contributed by atoms with Crippen LogP contribution < -0.4 is 15.1 Å². The maximum Gasteiger partial charge on any atom is 0.383 e. The molecule has 0 saturated heterocycles. The predicted molar refractivity (Wildman–Crippen MR) is 86.6 cm³/mol. The van der Waals surface area contributed by atoms with Crippen molar-refractivity contribution in [2.75, 3.05) is 6.61 Å². The van der Waals surface area contributed by atoms with Crippen molar-refractivity contribution in [2.24, 2.45) is 0 Å². The van der Waals surface area contributed by atoms with E-state index in [2.05, 4.69) is 6.92 Å². The monoisotopic (exact) mass is 334 g/mol. The molecule has 0 bridgehead atoms. The number of aliphatic carboxylic acids is 1. The van der Waals surface area contributed by atoms with Crippen molar-refractivity contribution in [3.8, 4) is 17.2 Å². The highest BCUT2D eigenvalue weighted by Crippen LogP contribution is 2.37. The molecule has 0 saturated carbocycles. The van der Waals surface area contributed by atoms with Gasteiger partial charge in [0.25, 0.3) is 5.75 Å². The number of carboxylic acid groups (broad SMARTS) is 1. The van der Waals surface area contributed by atoms with E-state index in [1.54, 1.807) is 6.08 Å². The Kier molecular flexibility index (Phi) is 5.83. The molecule has 0 amide bonds. The molecule has 2 N–H and O–H groups in total. The Morgan fingerprint density at radius 3 is 2.88 bits per heavy atom. The molecule has 1 heterocycles. The van der Waals surface area contributed by atoms with Crippen LogP contribution >= 0.6 is 0 Å². The van der Waals surface area contributed by atoms with Gasteiger partial charge >= 0.3 is 11.6 Å². The Morgan fingerprint density at radius 2 is 2.17 bits per heavy atom. The lowest BCUT2D eigenvalue weighted by Crippen LogP contribution is -2.10. The fourth-order valence-corrected chi connectivity index (χ4v) is 2.06. The van der Waals surface area contributed by atoms with Gasteiger partial charge in [-0.3, -0.25) is 0 Å². The number of hydrogen-bond acceptors (Lipinski definition) is 6. The highest BCUT2D eigenvalue weighted by atomic mass is 16.5. The maximum atomic E-state index is 11.9. The molecular formula is C17H18O7. The van der Waals surface area contributed by atoms with Crippen molar-refractivity contribution >= 4 is 16.9 Å². The van der Waals surface area contributed by atoms with E-state index in [1.807, 2.05) is 0 Å². The van der Waals surface area contributed by atoms with Crippen LogP contribution in [0.3, 0.4) is 0 Å². The lowest BCUT2D eigenvalue weighted by Gasteiger charge is -2.10. The number of carbonyl (C=O) groups is 1. The van der Waals surface area contributed by atoms with Gasteiger partial charge in [-0.2, -0.15) is 0 Å². The first kappa shape index (κ1) is 17.4. The molecule has 2 rings (SSSR count). The zero-order valence-corrected chi connectivity index (χ0v) is 13.2. The second-order valence-corrected chi connectivity index (χ2v) is 5.01. The molecule has 0 unspecified atom stereocenters. The summed E-state index contributed by atoms with van der Waals surface area (Å²) in [7, 11) is 0. The van der Waals surface area contributed by atoms with Crippen LogP contribution in [0.15, 0.2) is 39.7 Å². The summed E-state index contributed by atoms with van der Waals surface area (Å²) in [5, 5.41) is 19.1. The summed E-state index contributed by atoms with van der Waals surface area (Å²) in [6.07, 6.45) is 5.83. The maximum absolute atomic E-state index is 11.9. The average Bonchev–Trinajstić information content (AvgIpc) is 2.55. The third-order valence-corrected chi connectivity index (χ3v) is 3.19. The van der Waals surface area contributed by atoms with Crippen LogP contribution in [0.25, 0.3) is 11.0 Å². The van der Waals surface area contributed by atoms with Gasteiger partial charge in [-0.05, 0) is 31.1 Å². The Labute approximate surface area is 137 Å². The van der Waals surface area contributed by atoms with E-state index in [-0.39, 0.29) is 22.5 Å². The van der Waals surface area contributed by atoms with Crippen LogP contribution in [0.4, 0.5) is 0 Å². The standard InChI is InChI=1S/C17H18O7/c1-2-3-4-5-9-22-16-15(20)14-11(23-10-13(18)19)7-6-8-12(14)24-17(16)21/h5-9,20H,2-4,10H2,1H3,(H,18,19)/b9-5+. The quantitative estimate of drug-likeness (QED) is 0.434. The van der Waals surface area contributed by atoms with Gasteiger partial charge in [0.1, 0.15) is 16.7 Å². The van der Waals surface area contributed by atoms with Crippen molar-refractivity contribution in [1.29, 1.82) is 0 Å². The number of fused-ring (bicyclic) bond motifs is 1. The lowest BCUT2D eigenvalue weighted by atomic mass is 10.2. The highest BCUT2D eigenvalue weighted by Gasteiger charge is 2.19. The molecule has 0 aliphatic heterocycles. The number of allylic oxidation sites excluding steroid dienone is 1. The fourth-order valence-electron chi connectivity index (χ4n) is 2.06. The second kappa shape index (κ2) is 8.05. The Balaban J connectivity index is 2.38. The predicted octanol–water partition coefficient (Wildman–Crippen LogP) is 3.04. The summed E-state index contributed by atoms with van der Waals surface area (Å²) in [6.45, 7) is 1.46. The molecule has 7 heteroatoms. The molecule has 1 aromatic carbocycles. The summed E-state index contributed by atoms with van der Waals surface area (Å²) in [5.74, 6) is -1.92. The SMILES string of the molecule is CCCC/C=C/Oc1c(O)c2c(OCC(=O)O)cccc2oc1=O. The number of aromatic hydroxyl groups is 1. The van der Waals surface area contributed by atoms with Gasteiger partial charge in [0, 0.05) is 0 Å². The largest absolute Gasteiger partial charge is 0.503 e. The summed E-state index contributed by atoms with van der Waals surface area (Å²) in [6, 6.07) is 4.45. The number of carboxylic acids is 1. The minimum Gasteiger partial charge on any atom is -0.503 e. The second-order valence-electron chi connectivity index (χ2n) is 5.01. The summed E-state index contributed by atoms with van der Waals surface area (Å²) in [4.78, 5) is 22.6. The molecule has 128 valence electrons. The van der Waals surface area contributed by atoms with Crippen LogP contribution in [-0.4, -0.2) is 22.8 Å². The van der Waals surface area contributed by atoms with E-state index < -0.39 is 24.0 Å². The summed E-state index contributed by atoms with van der Waals surface area (Å²) in [5.41, 5.74) is -0.766. The molecule has 0 aliphatic rings. The first-order valence-electron chi connectivity index (χ1n) is 7.49. The molecule has 0 atom stereocenters. The van der Waals surface area contributed by atoms with Crippen molar-refractivity contribution in [2.45, 2.75) is 26.2 Å². The Bertz CT molecular complexity index is 804. The van der Waals surface area contributed by atoms with Crippen molar-refractivity contribution in [1.82, 2.24) is 0 Å². The third-order valence-electron chi connectivity index (χ3n) is 3.19. The first-order valence-corrected chi connectivity index (χ1v) is 7.49. The zero-order chi connectivity index (χ0) is 17.5. The highest BCUT2D eigenvalue weighted by molar-refractivity contribution is 5.91. The van der Waals surface area contributed by atoms with Crippen LogP contribution in [0, 0.1) is 0 Å². The zero-order valence-electron chi connectivity index (χ0n) is 13.2. The van der Waals surface area contributed by atoms with Crippen LogP contribution in [0.1, 0.15) is 26.2 Å². The summed E-state index contributed by atoms with van der Waals surface area (Å²) < 4.78 is 15.4.